The van der Waals surface area contributed by atoms with Gasteiger partial charge in [-0.2, -0.15) is 0 Å². The van der Waals surface area contributed by atoms with Crippen molar-refractivity contribution in [2.75, 3.05) is 13.1 Å². The van der Waals surface area contributed by atoms with Gasteiger partial charge in [0.25, 0.3) is 17.1 Å². The Kier molecular flexibility index (Phi) is 5.89. The Labute approximate surface area is 180 Å². The monoisotopic (exact) mass is 438 g/mol. The molecule has 1 aliphatic rings. The lowest BCUT2D eigenvalue weighted by molar-refractivity contribution is -0.122. The summed E-state index contributed by atoms with van der Waals surface area (Å²) in [6.45, 7) is -0.00271. The second-order valence-electron chi connectivity index (χ2n) is 6.43. The van der Waals surface area contributed by atoms with E-state index in [1.807, 2.05) is 0 Å². The zero-order valence-electron chi connectivity index (χ0n) is 15.9. The van der Waals surface area contributed by atoms with Gasteiger partial charge in [-0.3, -0.25) is 24.3 Å². The van der Waals surface area contributed by atoms with Gasteiger partial charge in [0.05, 0.1) is 4.91 Å². The molecule has 0 radical (unpaired) electrons. The maximum Gasteiger partial charge on any atom is 0.293 e. The van der Waals surface area contributed by atoms with Crippen molar-refractivity contribution in [3.63, 3.8) is 0 Å². The van der Waals surface area contributed by atoms with Crippen LogP contribution in [0.3, 0.4) is 0 Å². The number of carbonyl (C=O) groups is 3. The first-order chi connectivity index (χ1) is 15.0. The maximum absolute atomic E-state index is 13.8. The predicted octanol–water partition coefficient (Wildman–Crippen LogP) is 3.34. The molecule has 0 atom stereocenters. The molecule has 1 aromatic carbocycles. The van der Waals surface area contributed by atoms with Crippen molar-refractivity contribution in [2.45, 2.75) is 0 Å². The molecule has 0 bridgehead atoms. The Morgan fingerprint density at radius 3 is 2.84 bits per heavy atom. The highest BCUT2D eigenvalue weighted by Crippen LogP contribution is 2.32. The molecule has 3 aromatic rings. The number of benzene rings is 1. The number of imide groups is 1. The van der Waals surface area contributed by atoms with Crippen LogP contribution in [0.2, 0.25) is 0 Å². The van der Waals surface area contributed by atoms with Crippen molar-refractivity contribution in [3.05, 3.63) is 76.8 Å². The highest BCUT2D eigenvalue weighted by atomic mass is 32.2. The van der Waals surface area contributed by atoms with Gasteiger partial charge in [-0.1, -0.05) is 23.4 Å². The van der Waals surface area contributed by atoms with Crippen LogP contribution < -0.4 is 5.32 Å². The van der Waals surface area contributed by atoms with Gasteiger partial charge >= 0.3 is 0 Å². The minimum atomic E-state index is -0.534. The fourth-order valence-corrected chi connectivity index (χ4v) is 3.68. The Bertz CT molecular complexity index is 1180. The van der Waals surface area contributed by atoms with Crippen LogP contribution in [0.15, 0.2) is 64.3 Å². The van der Waals surface area contributed by atoms with Crippen molar-refractivity contribution in [3.8, 4) is 11.3 Å². The third-order valence-corrected chi connectivity index (χ3v) is 5.28. The fourth-order valence-electron chi connectivity index (χ4n) is 2.82. The van der Waals surface area contributed by atoms with E-state index >= 15 is 0 Å². The third kappa shape index (κ3) is 4.53. The largest absolute Gasteiger partial charge is 0.355 e. The molecule has 3 amide bonds. The standard InChI is InChI=1S/C21H15FN4O4S/c22-15-6-2-1-4-13(15)10-18-20(28)26(21(29)31-18)9-8-24-19(27)16-11-17(30-25-16)14-5-3-7-23-12-14/h1-7,10-12H,8-9H2,(H,24,27). The first-order valence-corrected chi connectivity index (χ1v) is 10.00. The number of nitrogens with one attached hydrogen (secondary N) is 1. The lowest BCUT2D eigenvalue weighted by atomic mass is 10.2. The van der Waals surface area contributed by atoms with Crippen molar-refractivity contribution >= 4 is 34.9 Å². The summed E-state index contributed by atoms with van der Waals surface area (Å²) in [5.74, 6) is -1.14. The van der Waals surface area contributed by atoms with Gasteiger partial charge in [-0.05, 0) is 36.0 Å². The number of nitrogens with zero attached hydrogens (tertiary/aromatic N) is 3. The van der Waals surface area contributed by atoms with Crippen molar-refractivity contribution in [1.29, 1.82) is 0 Å². The summed E-state index contributed by atoms with van der Waals surface area (Å²) in [5.41, 5.74) is 0.956. The van der Waals surface area contributed by atoms with E-state index in [1.54, 1.807) is 30.6 Å². The summed E-state index contributed by atoms with van der Waals surface area (Å²) >= 11 is 0.727. The van der Waals surface area contributed by atoms with Gasteiger partial charge in [0, 0.05) is 42.7 Å². The summed E-state index contributed by atoms with van der Waals surface area (Å²) in [6, 6.07) is 10.9. The van der Waals surface area contributed by atoms with Crippen LogP contribution in [0.25, 0.3) is 17.4 Å². The molecule has 1 aliphatic heterocycles. The topological polar surface area (TPSA) is 105 Å². The molecule has 1 N–H and O–H groups in total. The average molecular weight is 438 g/mol. The molecular weight excluding hydrogens is 423 g/mol. The van der Waals surface area contributed by atoms with Gasteiger partial charge < -0.3 is 9.84 Å². The van der Waals surface area contributed by atoms with Gasteiger partial charge in [0.1, 0.15) is 5.82 Å². The van der Waals surface area contributed by atoms with E-state index in [1.165, 1.54) is 30.3 Å². The minimum absolute atomic E-state index is 0.0267. The molecule has 156 valence electrons. The van der Waals surface area contributed by atoms with Crippen molar-refractivity contribution in [2.24, 2.45) is 0 Å². The molecule has 1 fully saturated rings. The number of amides is 3. The molecule has 10 heteroatoms. The van der Waals surface area contributed by atoms with E-state index in [-0.39, 0.29) is 29.3 Å². The van der Waals surface area contributed by atoms with Gasteiger partial charge in [0.2, 0.25) is 0 Å². The normalized spacial score (nSPS) is 15.0. The lowest BCUT2D eigenvalue weighted by Crippen LogP contribution is -2.37. The van der Waals surface area contributed by atoms with E-state index in [9.17, 15) is 18.8 Å². The minimum Gasteiger partial charge on any atom is -0.355 e. The van der Waals surface area contributed by atoms with E-state index < -0.39 is 22.9 Å². The molecule has 2 aromatic heterocycles. The smallest absolute Gasteiger partial charge is 0.293 e. The maximum atomic E-state index is 13.8. The first-order valence-electron chi connectivity index (χ1n) is 9.18. The Hall–Kier alpha value is -3.79. The van der Waals surface area contributed by atoms with Crippen LogP contribution in [-0.2, 0) is 4.79 Å². The third-order valence-electron chi connectivity index (χ3n) is 4.38. The number of aromatic nitrogens is 2. The second-order valence-corrected chi connectivity index (χ2v) is 7.42. The predicted molar refractivity (Wildman–Crippen MR) is 111 cm³/mol. The summed E-state index contributed by atoms with van der Waals surface area (Å²) < 4.78 is 19.0. The molecular formula is C21H15FN4O4S. The van der Waals surface area contributed by atoms with Gasteiger partial charge in [0.15, 0.2) is 11.5 Å². The SMILES string of the molecule is O=C(NCCN1C(=O)SC(=Cc2ccccc2F)C1=O)c1cc(-c2cccnc2)on1. The number of thioether (sulfide) groups is 1. The zero-order valence-corrected chi connectivity index (χ0v) is 16.8. The average Bonchev–Trinajstić information content (AvgIpc) is 3.37. The van der Waals surface area contributed by atoms with Crippen molar-refractivity contribution in [1.82, 2.24) is 20.4 Å². The molecule has 0 aliphatic carbocycles. The molecule has 1 saturated heterocycles. The lowest BCUT2D eigenvalue weighted by Gasteiger charge is -2.12. The fraction of sp³-hybridized carbons (Fsp3) is 0.0952. The van der Waals surface area contributed by atoms with Gasteiger partial charge in [-0.25, -0.2) is 4.39 Å². The van der Waals surface area contributed by atoms with E-state index in [0.29, 0.717) is 11.3 Å². The Balaban J connectivity index is 1.35. The molecule has 31 heavy (non-hydrogen) atoms. The van der Waals surface area contributed by atoms with E-state index in [4.69, 9.17) is 4.52 Å². The molecule has 4 rings (SSSR count). The highest BCUT2D eigenvalue weighted by Gasteiger charge is 2.34. The molecule has 0 saturated carbocycles. The first kappa shape index (κ1) is 20.5. The number of halogens is 1. The quantitative estimate of drug-likeness (QED) is 0.589. The van der Waals surface area contributed by atoms with Crippen LogP contribution in [0.1, 0.15) is 16.1 Å². The van der Waals surface area contributed by atoms with Crippen LogP contribution in [0.5, 0.6) is 0 Å². The summed E-state index contributed by atoms with van der Waals surface area (Å²) in [7, 11) is 0. The Morgan fingerprint density at radius 1 is 1.23 bits per heavy atom. The van der Waals surface area contributed by atoms with Gasteiger partial charge in [-0.15, -0.1) is 0 Å². The number of pyridine rings is 1. The number of carbonyl (C=O) groups excluding carboxylic acids is 3. The number of hydrogen-bond donors (Lipinski definition) is 1. The number of rotatable bonds is 6. The molecule has 8 nitrogen and oxygen atoms in total. The van der Waals surface area contributed by atoms with E-state index in [0.717, 1.165) is 16.7 Å². The van der Waals surface area contributed by atoms with Crippen molar-refractivity contribution < 1.29 is 23.3 Å². The summed E-state index contributed by atoms with van der Waals surface area (Å²) in [5, 5.41) is 5.84. The molecule has 3 heterocycles. The van der Waals surface area contributed by atoms with Crippen LogP contribution >= 0.6 is 11.8 Å². The Morgan fingerprint density at radius 2 is 2.06 bits per heavy atom. The van der Waals surface area contributed by atoms with Crippen LogP contribution in [-0.4, -0.2) is 45.2 Å². The molecule has 0 unspecified atom stereocenters. The zero-order chi connectivity index (χ0) is 21.8. The second kappa shape index (κ2) is 8.92. The summed E-state index contributed by atoms with van der Waals surface area (Å²) in [6.07, 6.45) is 4.54. The van der Waals surface area contributed by atoms with E-state index in [2.05, 4.69) is 15.5 Å². The van der Waals surface area contributed by atoms with Crippen LogP contribution in [0.4, 0.5) is 9.18 Å². The highest BCUT2D eigenvalue weighted by molar-refractivity contribution is 8.18. The summed E-state index contributed by atoms with van der Waals surface area (Å²) in [4.78, 5) is 42.0. The molecule has 0 spiro atoms. The van der Waals surface area contributed by atoms with Crippen LogP contribution in [0, 0.1) is 5.82 Å². The number of hydrogen-bond acceptors (Lipinski definition) is 7.